The number of carbonyl (C=O) groups is 4. The number of rotatable bonds is 6. The van der Waals surface area contributed by atoms with E-state index in [1.807, 2.05) is 0 Å². The zero-order valence-electron chi connectivity index (χ0n) is 15.7. The molecule has 0 aliphatic carbocycles. The number of likely N-dealkylation sites (tertiary alicyclic amines) is 1. The summed E-state index contributed by atoms with van der Waals surface area (Å²) in [6, 6.07) is -2.45. The van der Waals surface area contributed by atoms with Gasteiger partial charge in [0.15, 0.2) is 6.04 Å². The van der Waals surface area contributed by atoms with Crippen molar-refractivity contribution in [2.75, 3.05) is 13.6 Å². The third-order valence-corrected chi connectivity index (χ3v) is 5.72. The number of aromatic nitrogens is 1. The maximum atomic E-state index is 13.1. The molecule has 28 heavy (non-hydrogen) atoms. The van der Waals surface area contributed by atoms with Crippen LogP contribution in [0.3, 0.4) is 0 Å². The van der Waals surface area contributed by atoms with E-state index in [1.54, 1.807) is 17.8 Å². The van der Waals surface area contributed by atoms with Crippen LogP contribution in [-0.2, 0) is 25.5 Å². The zero-order valence-corrected chi connectivity index (χ0v) is 16.5. The predicted octanol–water partition coefficient (Wildman–Crippen LogP) is -0.514. The normalized spacial score (nSPS) is 25.5. The summed E-state index contributed by atoms with van der Waals surface area (Å²) in [5, 5.41) is 4.51. The third-order valence-electron chi connectivity index (χ3n) is 5.08. The summed E-state index contributed by atoms with van der Waals surface area (Å²) in [5.41, 5.74) is 7.71. The molecule has 2 aliphatic heterocycles. The average Bonchev–Trinajstić information content (AvgIpc) is 3.35. The van der Waals surface area contributed by atoms with E-state index in [2.05, 4.69) is 10.3 Å². The van der Waals surface area contributed by atoms with Gasteiger partial charge in [-0.3, -0.25) is 19.3 Å². The van der Waals surface area contributed by atoms with Crippen molar-refractivity contribution in [2.24, 2.45) is 5.73 Å². The molecule has 1 aromatic rings. The van der Waals surface area contributed by atoms with E-state index < -0.39 is 42.1 Å². The maximum absolute atomic E-state index is 13.1. The number of carbonyl (C=O) groups excluding carboxylic acids is 4. The fourth-order valence-corrected chi connectivity index (χ4v) is 4.23. The number of thiazole rings is 1. The summed E-state index contributed by atoms with van der Waals surface area (Å²) >= 11 is 1.38. The number of hydrogen-bond acceptors (Lipinski definition) is 7. The van der Waals surface area contributed by atoms with E-state index in [0.29, 0.717) is 25.1 Å². The van der Waals surface area contributed by atoms with Crippen molar-refractivity contribution in [3.8, 4) is 0 Å². The van der Waals surface area contributed by atoms with Crippen LogP contribution in [-0.4, -0.2) is 76.4 Å². The molecule has 0 saturated carbocycles. The second kappa shape index (κ2) is 8.13. The first kappa shape index (κ1) is 20.1. The van der Waals surface area contributed by atoms with Crippen molar-refractivity contribution < 1.29 is 23.9 Å². The zero-order chi connectivity index (χ0) is 20.4. The molecule has 10 nitrogen and oxygen atoms in total. The Kier molecular flexibility index (Phi) is 5.82. The molecule has 3 rings (SSSR count). The van der Waals surface area contributed by atoms with Gasteiger partial charge in [-0.1, -0.05) is 0 Å². The van der Waals surface area contributed by atoms with Gasteiger partial charge in [-0.2, -0.15) is 0 Å². The predicted molar refractivity (Wildman–Crippen MR) is 99.2 cm³/mol. The second-order valence-electron chi connectivity index (χ2n) is 6.98. The van der Waals surface area contributed by atoms with Crippen molar-refractivity contribution in [1.82, 2.24) is 20.1 Å². The monoisotopic (exact) mass is 409 g/mol. The van der Waals surface area contributed by atoms with Crippen LogP contribution in [0.25, 0.3) is 0 Å². The molecular formula is C17H23N5O5S. The Balaban J connectivity index is 1.79. The van der Waals surface area contributed by atoms with Crippen LogP contribution in [0, 0.1) is 0 Å². The second-order valence-corrected chi connectivity index (χ2v) is 7.70. The lowest BCUT2D eigenvalue weighted by atomic mass is 10.1. The number of ether oxygens (including phenoxy) is 1. The maximum Gasteiger partial charge on any atom is 0.410 e. The molecule has 3 heterocycles. The lowest BCUT2D eigenvalue weighted by molar-refractivity contribution is -0.141. The summed E-state index contributed by atoms with van der Waals surface area (Å²) in [5.74, 6) is -1.44. The largest absolute Gasteiger partial charge is 0.444 e. The van der Waals surface area contributed by atoms with Crippen LogP contribution in [0.1, 0.15) is 25.5 Å². The van der Waals surface area contributed by atoms with E-state index in [0.717, 1.165) is 0 Å². The summed E-state index contributed by atoms with van der Waals surface area (Å²) in [6.45, 7) is 2.02. The number of hydrogen-bond donors (Lipinski definition) is 2. The molecular weight excluding hydrogens is 386 g/mol. The minimum atomic E-state index is -0.925. The Morgan fingerprint density at radius 2 is 2.21 bits per heavy atom. The fourth-order valence-electron chi connectivity index (χ4n) is 3.66. The topological polar surface area (TPSA) is 135 Å². The Morgan fingerprint density at radius 3 is 2.79 bits per heavy atom. The molecule has 2 saturated heterocycles. The van der Waals surface area contributed by atoms with Gasteiger partial charge in [0.1, 0.15) is 18.2 Å². The molecule has 2 fully saturated rings. The van der Waals surface area contributed by atoms with Crippen LogP contribution < -0.4 is 11.1 Å². The van der Waals surface area contributed by atoms with Gasteiger partial charge in [0.2, 0.25) is 17.7 Å². The van der Waals surface area contributed by atoms with Crippen LogP contribution in [0.5, 0.6) is 0 Å². The first-order valence-corrected chi connectivity index (χ1v) is 9.94. The van der Waals surface area contributed by atoms with Crippen LogP contribution in [0.15, 0.2) is 10.9 Å². The molecule has 152 valence electrons. The third kappa shape index (κ3) is 3.93. The Labute approximate surface area is 166 Å². The smallest absolute Gasteiger partial charge is 0.410 e. The number of primary amides is 1. The van der Waals surface area contributed by atoms with E-state index in [1.165, 1.54) is 28.2 Å². The van der Waals surface area contributed by atoms with E-state index in [-0.39, 0.29) is 12.3 Å². The van der Waals surface area contributed by atoms with Crippen molar-refractivity contribution in [3.63, 3.8) is 0 Å². The minimum Gasteiger partial charge on any atom is -0.444 e. The standard InChI is InChI=1S/C17H23N5O5S/c1-9-13(21(2)17(26)27-9)15(24)20-11(6-10-7-28-8-19-10)16(25)22-5-3-4-12(22)14(18)23/h7-9,11-13H,3-6H2,1-2H3,(H2,18,23)(H,20,24). The van der Waals surface area contributed by atoms with Crippen molar-refractivity contribution >= 4 is 35.2 Å². The summed E-state index contributed by atoms with van der Waals surface area (Å²) in [7, 11) is 1.47. The van der Waals surface area contributed by atoms with Crippen molar-refractivity contribution in [1.29, 1.82) is 0 Å². The summed E-state index contributed by atoms with van der Waals surface area (Å²) in [6.07, 6.45) is 0.112. The molecule has 11 heteroatoms. The quantitative estimate of drug-likeness (QED) is 0.649. The molecule has 0 bridgehead atoms. The first-order chi connectivity index (χ1) is 13.3. The van der Waals surface area contributed by atoms with Crippen LogP contribution in [0.2, 0.25) is 0 Å². The fraction of sp³-hybridized carbons (Fsp3) is 0.588. The minimum absolute atomic E-state index is 0.176. The molecule has 4 atom stereocenters. The summed E-state index contributed by atoms with van der Waals surface area (Å²) in [4.78, 5) is 56.1. The van der Waals surface area contributed by atoms with Crippen molar-refractivity contribution in [3.05, 3.63) is 16.6 Å². The van der Waals surface area contributed by atoms with Crippen LogP contribution >= 0.6 is 11.3 Å². The van der Waals surface area contributed by atoms with Gasteiger partial charge in [0.25, 0.3) is 0 Å². The van der Waals surface area contributed by atoms with Crippen LogP contribution in [0.4, 0.5) is 4.79 Å². The van der Waals surface area contributed by atoms with Gasteiger partial charge in [-0.15, -0.1) is 11.3 Å². The number of likely N-dealkylation sites (N-methyl/N-ethyl adjacent to an activating group) is 1. The average molecular weight is 409 g/mol. The van der Waals surface area contributed by atoms with Gasteiger partial charge >= 0.3 is 6.09 Å². The highest BCUT2D eigenvalue weighted by Gasteiger charge is 2.44. The molecule has 4 amide bonds. The Morgan fingerprint density at radius 1 is 1.46 bits per heavy atom. The molecule has 1 aromatic heterocycles. The molecule has 0 aromatic carbocycles. The van der Waals surface area contributed by atoms with E-state index in [9.17, 15) is 19.2 Å². The summed E-state index contributed by atoms with van der Waals surface area (Å²) < 4.78 is 5.06. The highest BCUT2D eigenvalue weighted by atomic mass is 32.1. The van der Waals surface area contributed by atoms with Gasteiger partial charge in [-0.25, -0.2) is 9.78 Å². The number of amides is 4. The lowest BCUT2D eigenvalue weighted by Gasteiger charge is -2.29. The highest BCUT2D eigenvalue weighted by Crippen LogP contribution is 2.21. The van der Waals surface area contributed by atoms with Crippen molar-refractivity contribution in [2.45, 2.75) is 50.4 Å². The number of cyclic esters (lactones) is 1. The SMILES string of the molecule is CC1OC(=O)N(C)C1C(=O)NC(Cc1cscn1)C(=O)N1CCCC1C(N)=O. The molecule has 2 aliphatic rings. The number of nitrogens with zero attached hydrogens (tertiary/aromatic N) is 3. The highest BCUT2D eigenvalue weighted by molar-refractivity contribution is 7.07. The number of nitrogens with two attached hydrogens (primary N) is 1. The Hall–Kier alpha value is -2.69. The first-order valence-electron chi connectivity index (χ1n) is 9.00. The van der Waals surface area contributed by atoms with E-state index in [4.69, 9.17) is 10.5 Å². The Bertz CT molecular complexity index is 770. The molecule has 3 N–H and O–H groups in total. The molecule has 0 radical (unpaired) electrons. The van der Waals surface area contributed by atoms with E-state index >= 15 is 0 Å². The molecule has 0 spiro atoms. The van der Waals surface area contributed by atoms with Gasteiger partial charge < -0.3 is 20.7 Å². The lowest BCUT2D eigenvalue weighted by Crippen LogP contribution is -2.57. The van der Waals surface area contributed by atoms with Gasteiger partial charge in [0.05, 0.1) is 11.2 Å². The number of nitrogens with one attached hydrogen (secondary N) is 1. The van der Waals surface area contributed by atoms with Gasteiger partial charge in [0, 0.05) is 25.4 Å². The van der Waals surface area contributed by atoms with Gasteiger partial charge in [-0.05, 0) is 19.8 Å². The molecule has 4 unspecified atom stereocenters.